The highest BCUT2D eigenvalue weighted by molar-refractivity contribution is 7.98. The van der Waals surface area contributed by atoms with Gasteiger partial charge in [0.15, 0.2) is 0 Å². The van der Waals surface area contributed by atoms with Gasteiger partial charge in [-0.15, -0.1) is 11.8 Å². The molecule has 1 aliphatic heterocycles. The second kappa shape index (κ2) is 9.11. The number of benzene rings is 3. The highest BCUT2D eigenvalue weighted by Gasteiger charge is 2.38. The van der Waals surface area contributed by atoms with Crippen LogP contribution >= 0.6 is 11.8 Å². The van der Waals surface area contributed by atoms with Gasteiger partial charge < -0.3 is 14.8 Å². The van der Waals surface area contributed by atoms with E-state index >= 15 is 0 Å². The molecule has 0 aromatic heterocycles. The van der Waals surface area contributed by atoms with Crippen molar-refractivity contribution in [1.29, 1.82) is 0 Å². The number of hydrogen-bond donors (Lipinski definition) is 1. The van der Waals surface area contributed by atoms with Gasteiger partial charge in [0.1, 0.15) is 24.7 Å². The Morgan fingerprint density at radius 1 is 0.903 bits per heavy atom. The van der Waals surface area contributed by atoms with Crippen molar-refractivity contribution in [3.63, 3.8) is 0 Å². The number of allylic oxidation sites excluding steroid dienone is 2. The van der Waals surface area contributed by atoms with E-state index in [4.69, 9.17) is 9.47 Å². The number of rotatable bonds is 7. The summed E-state index contributed by atoms with van der Waals surface area (Å²) in [5.41, 5.74) is 3.79. The molecule has 31 heavy (non-hydrogen) atoms. The average molecular weight is 430 g/mol. The Balaban J connectivity index is 1.35. The molecule has 3 atom stereocenters. The van der Waals surface area contributed by atoms with E-state index in [1.807, 2.05) is 30.3 Å². The van der Waals surface area contributed by atoms with Crippen molar-refractivity contribution in [2.75, 3.05) is 24.8 Å². The lowest BCUT2D eigenvalue weighted by molar-refractivity contribution is 0.217. The maximum Gasteiger partial charge on any atom is 0.142 e. The molecule has 1 aliphatic carbocycles. The van der Waals surface area contributed by atoms with E-state index in [0.29, 0.717) is 25.0 Å². The molecule has 3 aromatic carbocycles. The third-order valence-corrected chi connectivity index (χ3v) is 6.93. The zero-order chi connectivity index (χ0) is 21.0. The van der Waals surface area contributed by atoms with Crippen LogP contribution in [0.3, 0.4) is 0 Å². The van der Waals surface area contributed by atoms with Gasteiger partial charge in [-0.05, 0) is 60.1 Å². The van der Waals surface area contributed by atoms with Gasteiger partial charge in [-0.1, -0.05) is 54.6 Å². The fraction of sp³-hybridized carbons (Fsp3) is 0.259. The van der Waals surface area contributed by atoms with Crippen LogP contribution in [0.4, 0.5) is 5.69 Å². The van der Waals surface area contributed by atoms with Gasteiger partial charge in [-0.25, -0.2) is 0 Å². The molecule has 0 radical (unpaired) electrons. The van der Waals surface area contributed by atoms with Gasteiger partial charge in [0.05, 0.1) is 11.7 Å². The highest BCUT2D eigenvalue weighted by Crippen LogP contribution is 2.52. The minimum Gasteiger partial charge on any atom is -0.490 e. The maximum atomic E-state index is 6.18. The molecule has 0 fully saturated rings. The van der Waals surface area contributed by atoms with Crippen LogP contribution in [0, 0.1) is 5.92 Å². The predicted octanol–water partition coefficient (Wildman–Crippen LogP) is 6.69. The summed E-state index contributed by atoms with van der Waals surface area (Å²) in [6.45, 7) is 1.02. The van der Waals surface area contributed by atoms with Crippen LogP contribution in [0.15, 0.2) is 89.8 Å². The smallest absolute Gasteiger partial charge is 0.142 e. The number of thioether (sulfide) groups is 1. The first-order valence-electron chi connectivity index (χ1n) is 10.8. The van der Waals surface area contributed by atoms with Gasteiger partial charge in [0.25, 0.3) is 0 Å². The van der Waals surface area contributed by atoms with Crippen molar-refractivity contribution >= 4 is 17.4 Å². The fourth-order valence-electron chi connectivity index (χ4n) is 4.68. The van der Waals surface area contributed by atoms with Crippen LogP contribution in [0.25, 0.3) is 0 Å². The lowest BCUT2D eigenvalue weighted by Gasteiger charge is -2.38. The number of para-hydroxylation sites is 2. The summed E-state index contributed by atoms with van der Waals surface area (Å²) in [4.78, 5) is 1.29. The molecule has 0 amide bonds. The zero-order valence-corrected chi connectivity index (χ0v) is 18.5. The Morgan fingerprint density at radius 3 is 2.52 bits per heavy atom. The van der Waals surface area contributed by atoms with Gasteiger partial charge in [-0.3, -0.25) is 0 Å². The number of hydrogen-bond acceptors (Lipinski definition) is 4. The third kappa shape index (κ3) is 4.17. The van der Waals surface area contributed by atoms with Crippen LogP contribution < -0.4 is 14.8 Å². The maximum absolute atomic E-state index is 6.18. The third-order valence-electron chi connectivity index (χ3n) is 6.19. The molecule has 0 saturated carbocycles. The SMILES string of the molecule is CSc1ccc(C2Nc3c(OCCOc4ccccc4)cccc3C3C=CCC32)cc1. The number of anilines is 1. The topological polar surface area (TPSA) is 30.5 Å². The monoisotopic (exact) mass is 429 g/mol. The van der Waals surface area contributed by atoms with E-state index in [0.717, 1.165) is 23.6 Å². The van der Waals surface area contributed by atoms with E-state index in [1.165, 1.54) is 16.0 Å². The Kier molecular flexibility index (Phi) is 5.90. The normalized spacial score (nSPS) is 21.1. The first kappa shape index (κ1) is 20.1. The van der Waals surface area contributed by atoms with Crippen LogP contribution in [-0.2, 0) is 0 Å². The van der Waals surface area contributed by atoms with Crippen molar-refractivity contribution in [1.82, 2.24) is 0 Å². The van der Waals surface area contributed by atoms with Crippen LogP contribution in [0.2, 0.25) is 0 Å². The summed E-state index contributed by atoms with van der Waals surface area (Å²) >= 11 is 1.78. The molecule has 0 saturated heterocycles. The molecular formula is C27H27NO2S. The van der Waals surface area contributed by atoms with Crippen molar-refractivity contribution in [2.45, 2.75) is 23.3 Å². The summed E-state index contributed by atoms with van der Waals surface area (Å²) in [6, 6.07) is 25.5. The Hall–Kier alpha value is -2.85. The molecule has 158 valence electrons. The molecule has 5 rings (SSSR count). The van der Waals surface area contributed by atoms with Crippen molar-refractivity contribution in [2.24, 2.45) is 5.92 Å². The summed E-state index contributed by atoms with van der Waals surface area (Å²) in [5, 5.41) is 3.84. The molecule has 3 aromatic rings. The molecule has 0 bridgehead atoms. The molecular weight excluding hydrogens is 402 g/mol. The largest absolute Gasteiger partial charge is 0.490 e. The first-order valence-corrected chi connectivity index (χ1v) is 12.1. The van der Waals surface area contributed by atoms with E-state index in [1.54, 1.807) is 11.8 Å². The Bertz CT molecular complexity index is 1050. The highest BCUT2D eigenvalue weighted by atomic mass is 32.2. The zero-order valence-electron chi connectivity index (χ0n) is 17.7. The lowest BCUT2D eigenvalue weighted by Crippen LogP contribution is -2.29. The molecule has 0 spiro atoms. The average Bonchev–Trinajstić information content (AvgIpc) is 3.32. The van der Waals surface area contributed by atoms with Crippen LogP contribution in [-0.4, -0.2) is 19.5 Å². The van der Waals surface area contributed by atoms with Gasteiger partial charge in [0.2, 0.25) is 0 Å². The Labute approximate surface area is 188 Å². The lowest BCUT2D eigenvalue weighted by atomic mass is 9.77. The molecule has 4 heteroatoms. The van der Waals surface area contributed by atoms with E-state index in [9.17, 15) is 0 Å². The van der Waals surface area contributed by atoms with E-state index in [2.05, 4.69) is 66.2 Å². The minimum absolute atomic E-state index is 0.272. The second-order valence-corrected chi connectivity index (χ2v) is 8.86. The van der Waals surface area contributed by atoms with E-state index < -0.39 is 0 Å². The first-order chi connectivity index (χ1) is 15.3. The number of ether oxygens (including phenoxy) is 2. The number of nitrogens with one attached hydrogen (secondary N) is 1. The quantitative estimate of drug-likeness (QED) is 0.257. The standard InChI is InChI=1S/C27H27NO2S/c1-31-21-15-13-19(14-16-21)26-23-10-5-9-22(23)24-11-6-12-25(27(24)28-26)30-18-17-29-20-7-3-2-4-8-20/h2-9,11-16,22-23,26,28H,10,17-18H2,1H3. The fourth-order valence-corrected chi connectivity index (χ4v) is 5.09. The van der Waals surface area contributed by atoms with E-state index in [-0.39, 0.29) is 6.04 Å². The van der Waals surface area contributed by atoms with Gasteiger partial charge in [0, 0.05) is 10.8 Å². The summed E-state index contributed by atoms with van der Waals surface area (Å²) in [6.07, 6.45) is 7.92. The Morgan fingerprint density at radius 2 is 1.71 bits per heavy atom. The van der Waals surface area contributed by atoms with Crippen LogP contribution in [0.1, 0.15) is 29.5 Å². The molecule has 3 unspecified atom stereocenters. The summed E-state index contributed by atoms with van der Waals surface area (Å²) in [5.74, 6) is 2.72. The van der Waals surface area contributed by atoms with Crippen LogP contribution in [0.5, 0.6) is 11.5 Å². The molecule has 3 nitrogen and oxygen atoms in total. The van der Waals surface area contributed by atoms with Crippen molar-refractivity contribution in [3.05, 3.63) is 96.1 Å². The number of fused-ring (bicyclic) bond motifs is 3. The van der Waals surface area contributed by atoms with Gasteiger partial charge >= 0.3 is 0 Å². The molecule has 1 heterocycles. The summed E-state index contributed by atoms with van der Waals surface area (Å²) in [7, 11) is 0. The minimum atomic E-state index is 0.272. The molecule has 2 aliphatic rings. The van der Waals surface area contributed by atoms with Gasteiger partial charge in [-0.2, -0.15) is 0 Å². The molecule has 1 N–H and O–H groups in total. The van der Waals surface area contributed by atoms with Crippen molar-refractivity contribution < 1.29 is 9.47 Å². The predicted molar refractivity (Wildman–Crippen MR) is 128 cm³/mol. The van der Waals surface area contributed by atoms with Crippen molar-refractivity contribution in [3.8, 4) is 11.5 Å². The summed E-state index contributed by atoms with van der Waals surface area (Å²) < 4.78 is 12.0. The second-order valence-electron chi connectivity index (χ2n) is 7.98.